The quantitative estimate of drug-likeness (QED) is 0.252. The molecule has 0 fully saturated rings. The molecule has 0 bridgehead atoms. The van der Waals surface area contributed by atoms with Gasteiger partial charge >= 0.3 is 0 Å². The predicted octanol–water partition coefficient (Wildman–Crippen LogP) is 11.7. The third kappa shape index (κ3) is 26.0. The van der Waals surface area contributed by atoms with E-state index in [1.165, 1.54) is 16.0 Å². The van der Waals surface area contributed by atoms with Crippen LogP contribution in [0.25, 0.3) is 0 Å². The molecule has 0 spiro atoms. The number of aromatic amines is 1. The van der Waals surface area contributed by atoms with Gasteiger partial charge in [0.1, 0.15) is 12.7 Å². The van der Waals surface area contributed by atoms with E-state index >= 15 is 0 Å². The smallest absolute Gasteiger partial charge is 0.115 e. The summed E-state index contributed by atoms with van der Waals surface area (Å²) in [4.78, 5) is 24.0. The topological polar surface area (TPSA) is 80.2 Å². The molecule has 1 N–H and O–H groups in total. The van der Waals surface area contributed by atoms with Gasteiger partial charge in [0.05, 0.1) is 5.51 Å². The highest BCUT2D eigenvalue weighted by molar-refractivity contribution is 7.09. The number of nitrogens with zero attached hydrogens (tertiary/aromatic N) is 5. The molecule has 0 radical (unpaired) electrons. The minimum Gasteiger partial charge on any atom is -0.367 e. The first kappa shape index (κ1) is 46.0. The van der Waals surface area contributed by atoms with E-state index in [9.17, 15) is 0 Å². The second kappa shape index (κ2) is 34.3. The maximum Gasteiger partial charge on any atom is 0.115 e. The molecule has 4 rings (SSSR count). The van der Waals surface area contributed by atoms with Crippen LogP contribution in [0.4, 0.5) is 0 Å². The van der Waals surface area contributed by atoms with Crippen LogP contribution in [0.15, 0.2) is 67.5 Å². The van der Waals surface area contributed by atoms with E-state index in [2.05, 4.69) is 91.4 Å². The maximum absolute atomic E-state index is 4.07. The van der Waals surface area contributed by atoms with Crippen molar-refractivity contribution >= 4 is 11.3 Å². The fourth-order valence-electron chi connectivity index (χ4n) is 2.46. The van der Waals surface area contributed by atoms with Crippen LogP contribution in [0, 0.1) is 0 Å². The molecular weight excluding hydrogens is 536 g/mol. The average Bonchev–Trinajstić information content (AvgIpc) is 3.79. The number of hydrogen-bond donors (Lipinski definition) is 1. The molecule has 0 aliphatic heterocycles. The Labute approximate surface area is 264 Å². The van der Waals surface area contributed by atoms with E-state index in [0.29, 0.717) is 23.7 Å². The molecule has 4 heterocycles. The van der Waals surface area contributed by atoms with Gasteiger partial charge in [0.25, 0.3) is 0 Å². The Morgan fingerprint density at radius 3 is 1.36 bits per heavy atom. The van der Waals surface area contributed by atoms with Gasteiger partial charge in [-0.1, -0.05) is 111 Å². The van der Waals surface area contributed by atoms with Gasteiger partial charge in [-0.2, -0.15) is 0 Å². The molecule has 240 valence electrons. The Balaban J connectivity index is -0.000000212. The Morgan fingerprint density at radius 1 is 0.571 bits per heavy atom. The molecule has 0 amide bonds. The molecule has 4 aromatic rings. The minimum absolute atomic E-state index is 0.507. The average molecular weight is 601 g/mol. The zero-order valence-corrected chi connectivity index (χ0v) is 30.6. The summed E-state index contributed by atoms with van der Waals surface area (Å²) < 4.78 is 0. The lowest BCUT2D eigenvalue weighted by atomic mass is 10.1. The summed E-state index contributed by atoms with van der Waals surface area (Å²) >= 11 is 1.72. The van der Waals surface area contributed by atoms with Crippen LogP contribution < -0.4 is 0 Å². The van der Waals surface area contributed by atoms with Crippen LogP contribution in [0.2, 0.25) is 0 Å². The van der Waals surface area contributed by atoms with Crippen LogP contribution >= 0.6 is 11.3 Å². The second-order valence-electron chi connectivity index (χ2n) is 8.97. The summed E-state index contributed by atoms with van der Waals surface area (Å²) in [5.41, 5.74) is 5.54. The summed E-state index contributed by atoms with van der Waals surface area (Å²) in [6, 6.07) is 4.04. The number of nitrogens with one attached hydrogen (secondary N) is 1. The molecule has 0 atom stereocenters. The predicted molar refractivity (Wildman–Crippen MR) is 189 cm³/mol. The summed E-state index contributed by atoms with van der Waals surface area (Å²) in [5.74, 6) is 2.34. The third-order valence-corrected chi connectivity index (χ3v) is 5.83. The van der Waals surface area contributed by atoms with Gasteiger partial charge in [0, 0.05) is 47.8 Å². The summed E-state index contributed by atoms with van der Waals surface area (Å²) in [6.45, 7) is 33.2. The van der Waals surface area contributed by atoms with Crippen molar-refractivity contribution in [1.29, 1.82) is 0 Å². The van der Waals surface area contributed by atoms with E-state index in [4.69, 9.17) is 0 Å². The first-order valence-corrected chi connectivity index (χ1v) is 16.6. The van der Waals surface area contributed by atoms with Crippen molar-refractivity contribution in [2.45, 2.75) is 134 Å². The number of hydrogen-bond acceptors (Lipinski definition) is 6. The molecule has 6 nitrogen and oxygen atoms in total. The third-order valence-electron chi connectivity index (χ3n) is 4.75. The molecule has 42 heavy (non-hydrogen) atoms. The Bertz CT molecular complexity index is 872. The molecule has 0 aliphatic carbocycles. The van der Waals surface area contributed by atoms with Gasteiger partial charge in [0.2, 0.25) is 0 Å². The highest BCUT2D eigenvalue weighted by atomic mass is 32.1. The van der Waals surface area contributed by atoms with Gasteiger partial charge in [-0.25, -0.2) is 19.9 Å². The van der Waals surface area contributed by atoms with E-state index in [0.717, 1.165) is 5.69 Å². The first-order chi connectivity index (χ1) is 20.2. The van der Waals surface area contributed by atoms with Crippen molar-refractivity contribution in [3.63, 3.8) is 0 Å². The van der Waals surface area contributed by atoms with Gasteiger partial charge in [-0.15, -0.1) is 11.3 Å². The summed E-state index contributed by atoms with van der Waals surface area (Å²) in [6.07, 6.45) is 14.5. The fraction of sp³-hybridized carbons (Fsp3) is 0.571. The van der Waals surface area contributed by atoms with Crippen LogP contribution in [-0.2, 0) is 0 Å². The fourth-order valence-corrected chi connectivity index (χ4v) is 3.10. The zero-order chi connectivity index (χ0) is 33.3. The first-order valence-electron chi connectivity index (χ1n) is 15.7. The molecular formula is C35H64N6S. The molecule has 0 unspecified atom stereocenters. The number of aromatic nitrogens is 6. The molecule has 7 heteroatoms. The Morgan fingerprint density at radius 2 is 1.12 bits per heavy atom. The number of thiazole rings is 1. The van der Waals surface area contributed by atoms with Crippen LogP contribution in [0.3, 0.4) is 0 Å². The monoisotopic (exact) mass is 600 g/mol. The lowest BCUT2D eigenvalue weighted by Crippen LogP contribution is -1.90. The largest absolute Gasteiger partial charge is 0.367 e. The van der Waals surface area contributed by atoms with Crippen LogP contribution in [0.5, 0.6) is 0 Å². The summed E-state index contributed by atoms with van der Waals surface area (Å²) in [7, 11) is 0. The minimum atomic E-state index is 0.507. The van der Waals surface area contributed by atoms with Crippen LogP contribution in [-0.4, -0.2) is 29.9 Å². The molecule has 0 aromatic carbocycles. The van der Waals surface area contributed by atoms with Crippen molar-refractivity contribution in [2.75, 3.05) is 0 Å². The highest BCUT2D eigenvalue weighted by Crippen LogP contribution is 2.17. The van der Waals surface area contributed by atoms with Crippen LogP contribution in [0.1, 0.15) is 156 Å². The van der Waals surface area contributed by atoms with Gasteiger partial charge in [-0.3, -0.25) is 4.98 Å². The van der Waals surface area contributed by atoms with E-state index in [1.807, 2.05) is 98.0 Å². The van der Waals surface area contributed by atoms with Crippen molar-refractivity contribution in [3.05, 3.63) is 89.2 Å². The van der Waals surface area contributed by atoms with Gasteiger partial charge < -0.3 is 4.98 Å². The van der Waals surface area contributed by atoms with Crippen molar-refractivity contribution in [3.8, 4) is 0 Å². The number of H-pyrrole nitrogens is 1. The van der Waals surface area contributed by atoms with Gasteiger partial charge in [-0.05, 0) is 46.9 Å². The highest BCUT2D eigenvalue weighted by Gasteiger charge is 1.98. The SMILES string of the molecule is CC.CC.CC.CC.CC(C)c1cc[nH]c1.CC(C)c1ccncn1.CC(C)c1cncnc1.CC(C)c1cncs1. The standard InChI is InChI=1S/2C7H10N2.C7H11N.C6H9NS.4C2H6/c1-6(2)7-3-8-5-9-4-7;1-6(2)7-3-4-8-5-9-7;1-6(2)7-3-4-8-5-7;1-5(2)6-3-7-4-8-6;4*1-2/h2*3-6H,1-2H3;3-6,8H,1-2H3;3-5H,1-2H3;4*1-2H3. The van der Waals surface area contributed by atoms with Crippen molar-refractivity contribution in [2.24, 2.45) is 0 Å². The summed E-state index contributed by atoms with van der Waals surface area (Å²) in [5, 5.41) is 0. The second-order valence-corrected chi connectivity index (χ2v) is 9.89. The molecule has 0 aliphatic rings. The lowest BCUT2D eigenvalue weighted by Gasteiger charge is -1.99. The van der Waals surface area contributed by atoms with E-state index in [-0.39, 0.29) is 0 Å². The Hall–Kier alpha value is -2.93. The van der Waals surface area contributed by atoms with Gasteiger partial charge in [0.15, 0.2) is 0 Å². The molecule has 0 saturated carbocycles. The maximum atomic E-state index is 4.07. The van der Waals surface area contributed by atoms with E-state index in [1.54, 1.807) is 30.2 Å². The van der Waals surface area contributed by atoms with Crippen molar-refractivity contribution < 1.29 is 0 Å². The Kier molecular flexibility index (Phi) is 37.6. The lowest BCUT2D eigenvalue weighted by molar-refractivity contribution is 0.814. The normalized spacial score (nSPS) is 8.86. The number of rotatable bonds is 4. The van der Waals surface area contributed by atoms with E-state index < -0.39 is 0 Å². The zero-order valence-electron chi connectivity index (χ0n) is 29.8. The molecule has 4 aromatic heterocycles. The van der Waals surface area contributed by atoms with Crippen molar-refractivity contribution in [1.82, 2.24) is 29.9 Å². The molecule has 0 saturated heterocycles.